The lowest BCUT2D eigenvalue weighted by atomic mass is 10.2. The first kappa shape index (κ1) is 13.4. The lowest BCUT2D eigenvalue weighted by molar-refractivity contribution is 0.254. The largest absolute Gasteiger partial charge is 0.369 e. The van der Waals surface area contributed by atoms with Crippen molar-refractivity contribution in [1.29, 1.82) is 0 Å². The van der Waals surface area contributed by atoms with Crippen molar-refractivity contribution in [3.8, 4) is 0 Å². The van der Waals surface area contributed by atoms with Gasteiger partial charge < -0.3 is 16.0 Å². The molecule has 100 valence electrons. The second-order valence-corrected chi connectivity index (χ2v) is 5.17. The van der Waals surface area contributed by atoms with Crippen molar-refractivity contribution in [1.82, 2.24) is 14.9 Å². The van der Waals surface area contributed by atoms with Gasteiger partial charge in [-0.1, -0.05) is 24.4 Å². The van der Waals surface area contributed by atoms with E-state index in [4.69, 9.17) is 17.3 Å². The zero-order chi connectivity index (χ0) is 13.0. The summed E-state index contributed by atoms with van der Waals surface area (Å²) in [4.78, 5) is 10.3. The first-order valence-electron chi connectivity index (χ1n) is 6.39. The molecule has 1 saturated carbocycles. The standard InChI is InChI=1S/C12H20ClN5/c1-18(9-4-2-3-5-9)7-6-15-11-8-10(13)16-12(14)17-11/h8-9H,2-7H2,1H3,(H3,14,15,16,17). The monoisotopic (exact) mass is 269 g/mol. The van der Waals surface area contributed by atoms with E-state index in [9.17, 15) is 0 Å². The highest BCUT2D eigenvalue weighted by Gasteiger charge is 2.18. The van der Waals surface area contributed by atoms with Crippen LogP contribution in [0.2, 0.25) is 5.15 Å². The summed E-state index contributed by atoms with van der Waals surface area (Å²) in [6.07, 6.45) is 5.37. The molecule has 1 heterocycles. The normalized spacial score (nSPS) is 16.4. The number of rotatable bonds is 5. The minimum atomic E-state index is 0.203. The van der Waals surface area contributed by atoms with Gasteiger partial charge in [0, 0.05) is 25.2 Å². The summed E-state index contributed by atoms with van der Waals surface area (Å²) in [7, 11) is 2.18. The number of hydrogen-bond donors (Lipinski definition) is 2. The van der Waals surface area contributed by atoms with Crippen LogP contribution in [0.15, 0.2) is 6.07 Å². The molecule has 0 amide bonds. The molecule has 1 aromatic heterocycles. The Balaban J connectivity index is 1.77. The molecule has 1 fully saturated rings. The molecule has 1 aliphatic carbocycles. The number of nitrogens with one attached hydrogen (secondary N) is 1. The van der Waals surface area contributed by atoms with Gasteiger partial charge >= 0.3 is 0 Å². The average Bonchev–Trinajstić information content (AvgIpc) is 2.80. The summed E-state index contributed by atoms with van der Waals surface area (Å²) >= 11 is 5.81. The quantitative estimate of drug-likeness (QED) is 0.801. The number of anilines is 2. The highest BCUT2D eigenvalue weighted by atomic mass is 35.5. The molecule has 0 spiro atoms. The topological polar surface area (TPSA) is 67.1 Å². The third-order valence-electron chi connectivity index (χ3n) is 3.43. The summed E-state index contributed by atoms with van der Waals surface area (Å²) < 4.78 is 0. The first-order chi connectivity index (χ1) is 8.65. The zero-order valence-electron chi connectivity index (χ0n) is 10.7. The molecule has 0 saturated heterocycles. The Kier molecular flexibility index (Phi) is 4.60. The molecule has 6 heteroatoms. The number of likely N-dealkylation sites (N-methyl/N-ethyl adjacent to an activating group) is 1. The third-order valence-corrected chi connectivity index (χ3v) is 3.62. The number of hydrogen-bond acceptors (Lipinski definition) is 5. The van der Waals surface area contributed by atoms with Gasteiger partial charge in [-0.05, 0) is 19.9 Å². The Morgan fingerprint density at radius 2 is 2.17 bits per heavy atom. The SMILES string of the molecule is CN(CCNc1cc(Cl)nc(N)n1)C1CCCC1. The molecule has 18 heavy (non-hydrogen) atoms. The van der Waals surface area contributed by atoms with Gasteiger partial charge in [-0.25, -0.2) is 4.98 Å². The van der Waals surface area contributed by atoms with Crippen LogP contribution in [0, 0.1) is 0 Å². The third kappa shape index (κ3) is 3.71. The number of nitrogens with two attached hydrogens (primary N) is 1. The summed E-state index contributed by atoms with van der Waals surface area (Å²) in [6, 6.07) is 2.43. The van der Waals surface area contributed by atoms with Gasteiger partial charge in [-0.2, -0.15) is 4.98 Å². The fourth-order valence-electron chi connectivity index (χ4n) is 2.41. The molecule has 0 aliphatic heterocycles. The van der Waals surface area contributed by atoms with E-state index < -0.39 is 0 Å². The Morgan fingerprint density at radius 3 is 2.83 bits per heavy atom. The predicted molar refractivity (Wildman–Crippen MR) is 74.8 cm³/mol. The highest BCUT2D eigenvalue weighted by molar-refractivity contribution is 6.29. The van der Waals surface area contributed by atoms with E-state index in [1.807, 2.05) is 0 Å². The molecule has 2 rings (SSSR count). The van der Waals surface area contributed by atoms with E-state index in [0.29, 0.717) is 11.0 Å². The predicted octanol–water partition coefficient (Wildman–Crippen LogP) is 2.00. The zero-order valence-corrected chi connectivity index (χ0v) is 11.5. The molecule has 0 bridgehead atoms. The van der Waals surface area contributed by atoms with Gasteiger partial charge in [0.1, 0.15) is 11.0 Å². The molecule has 3 N–H and O–H groups in total. The molecular formula is C12H20ClN5. The van der Waals surface area contributed by atoms with Gasteiger partial charge in [0.2, 0.25) is 5.95 Å². The van der Waals surface area contributed by atoms with Crippen LogP contribution in [-0.2, 0) is 0 Å². The van der Waals surface area contributed by atoms with Gasteiger partial charge in [0.05, 0.1) is 0 Å². The number of nitrogens with zero attached hydrogens (tertiary/aromatic N) is 3. The van der Waals surface area contributed by atoms with E-state index in [-0.39, 0.29) is 5.95 Å². The van der Waals surface area contributed by atoms with Crippen LogP contribution in [0.1, 0.15) is 25.7 Å². The smallest absolute Gasteiger partial charge is 0.223 e. The van der Waals surface area contributed by atoms with Crippen LogP contribution >= 0.6 is 11.6 Å². The molecule has 0 radical (unpaired) electrons. The molecule has 0 atom stereocenters. The minimum absolute atomic E-state index is 0.203. The van der Waals surface area contributed by atoms with Crippen molar-refractivity contribution in [2.75, 3.05) is 31.2 Å². The Bertz CT molecular complexity index is 372. The number of aromatic nitrogens is 2. The molecule has 5 nitrogen and oxygen atoms in total. The first-order valence-corrected chi connectivity index (χ1v) is 6.77. The van der Waals surface area contributed by atoms with E-state index in [1.165, 1.54) is 25.7 Å². The molecule has 1 aromatic rings. The van der Waals surface area contributed by atoms with Crippen molar-refractivity contribution in [3.05, 3.63) is 11.2 Å². The van der Waals surface area contributed by atoms with E-state index in [0.717, 1.165) is 19.1 Å². The lowest BCUT2D eigenvalue weighted by Gasteiger charge is -2.24. The van der Waals surface area contributed by atoms with Crippen molar-refractivity contribution >= 4 is 23.4 Å². The lowest BCUT2D eigenvalue weighted by Crippen LogP contribution is -2.33. The minimum Gasteiger partial charge on any atom is -0.369 e. The van der Waals surface area contributed by atoms with E-state index in [2.05, 4.69) is 27.2 Å². The maximum Gasteiger partial charge on any atom is 0.223 e. The number of nitrogen functional groups attached to an aromatic ring is 1. The van der Waals surface area contributed by atoms with Gasteiger partial charge in [0.25, 0.3) is 0 Å². The Hall–Kier alpha value is -1.07. The highest BCUT2D eigenvalue weighted by Crippen LogP contribution is 2.22. The maximum absolute atomic E-state index is 5.81. The molecular weight excluding hydrogens is 250 g/mol. The summed E-state index contributed by atoms with van der Waals surface area (Å²) in [5.41, 5.74) is 5.53. The summed E-state index contributed by atoms with van der Waals surface area (Å²) in [5.74, 6) is 0.890. The number of halogens is 1. The average molecular weight is 270 g/mol. The van der Waals surface area contributed by atoms with Crippen LogP contribution in [0.25, 0.3) is 0 Å². The van der Waals surface area contributed by atoms with Crippen LogP contribution in [0.3, 0.4) is 0 Å². The van der Waals surface area contributed by atoms with E-state index in [1.54, 1.807) is 6.07 Å². The van der Waals surface area contributed by atoms with Gasteiger partial charge in [-0.15, -0.1) is 0 Å². The Morgan fingerprint density at radius 1 is 1.44 bits per heavy atom. The maximum atomic E-state index is 5.81. The van der Waals surface area contributed by atoms with E-state index >= 15 is 0 Å². The second-order valence-electron chi connectivity index (χ2n) is 4.78. The van der Waals surface area contributed by atoms with Crippen molar-refractivity contribution < 1.29 is 0 Å². The van der Waals surface area contributed by atoms with Crippen LogP contribution in [0.5, 0.6) is 0 Å². The fraction of sp³-hybridized carbons (Fsp3) is 0.667. The van der Waals surface area contributed by atoms with Crippen LogP contribution in [0.4, 0.5) is 11.8 Å². The van der Waals surface area contributed by atoms with Crippen molar-refractivity contribution in [2.24, 2.45) is 0 Å². The summed E-state index contributed by atoms with van der Waals surface area (Å²) in [6.45, 7) is 1.83. The van der Waals surface area contributed by atoms with Gasteiger partial charge in [-0.3, -0.25) is 0 Å². The Labute approximate surface area is 113 Å². The van der Waals surface area contributed by atoms with Crippen molar-refractivity contribution in [2.45, 2.75) is 31.7 Å². The molecule has 0 aromatic carbocycles. The molecule has 1 aliphatic rings. The summed E-state index contributed by atoms with van der Waals surface area (Å²) in [5, 5.41) is 3.59. The second kappa shape index (κ2) is 6.20. The fourth-order valence-corrected chi connectivity index (χ4v) is 2.60. The van der Waals surface area contributed by atoms with Crippen molar-refractivity contribution in [3.63, 3.8) is 0 Å². The van der Waals surface area contributed by atoms with Crippen LogP contribution < -0.4 is 11.1 Å². The molecule has 0 unspecified atom stereocenters. The van der Waals surface area contributed by atoms with Gasteiger partial charge in [0.15, 0.2) is 0 Å². The van der Waals surface area contributed by atoms with Crippen LogP contribution in [-0.4, -0.2) is 41.0 Å².